The Hall–Kier alpha value is -0.0800. The third-order valence-electron chi connectivity index (χ3n) is 4.01. The smallest absolute Gasteiger partial charge is 0.0649 e. The lowest BCUT2D eigenvalue weighted by Crippen LogP contribution is -2.37. The highest BCUT2D eigenvalue weighted by Gasteiger charge is 2.28. The van der Waals surface area contributed by atoms with E-state index in [1.54, 1.807) is 0 Å². The van der Waals surface area contributed by atoms with Gasteiger partial charge in [0.2, 0.25) is 0 Å². The van der Waals surface area contributed by atoms with Crippen LogP contribution in [-0.2, 0) is 9.47 Å². The van der Waals surface area contributed by atoms with Crippen molar-refractivity contribution in [2.24, 2.45) is 5.41 Å². The van der Waals surface area contributed by atoms with Gasteiger partial charge in [-0.1, -0.05) is 34.6 Å². The fourth-order valence-corrected chi connectivity index (χ4v) is 1.36. The molecule has 0 aliphatic carbocycles. The predicted molar refractivity (Wildman–Crippen MR) is 79.0 cm³/mol. The van der Waals surface area contributed by atoms with E-state index in [4.69, 9.17) is 9.47 Å². The van der Waals surface area contributed by atoms with Gasteiger partial charge in [0.05, 0.1) is 24.4 Å². The summed E-state index contributed by atoms with van der Waals surface area (Å²) in [6.45, 7) is 18.9. The molecule has 0 rings (SSSR count). The van der Waals surface area contributed by atoms with Crippen molar-refractivity contribution in [1.29, 1.82) is 0 Å². The lowest BCUT2D eigenvalue weighted by Gasteiger charge is -2.35. The summed E-state index contributed by atoms with van der Waals surface area (Å²) >= 11 is 0. The summed E-state index contributed by atoms with van der Waals surface area (Å²) in [5.74, 6) is 0. The van der Waals surface area contributed by atoms with Crippen LogP contribution in [0.25, 0.3) is 0 Å². The standard InChI is InChI=1S/C16H34O2/c1-9-15(6,7)17-12-14(4,5)13-18-16(8,10-2)11-3/h9-13H2,1-8H3. The number of ether oxygens (including phenoxy) is 2. The molecule has 0 radical (unpaired) electrons. The van der Waals surface area contributed by atoms with Crippen molar-refractivity contribution in [2.45, 2.75) is 85.9 Å². The molecule has 0 heterocycles. The molecule has 0 fully saturated rings. The molecule has 0 unspecified atom stereocenters. The first kappa shape index (κ1) is 17.9. The Bertz CT molecular complexity index is 227. The minimum Gasteiger partial charge on any atom is -0.375 e. The third kappa shape index (κ3) is 6.75. The number of hydrogen-bond donors (Lipinski definition) is 0. The molecule has 0 aromatic heterocycles. The Labute approximate surface area is 114 Å². The molecule has 0 amide bonds. The van der Waals surface area contributed by atoms with Gasteiger partial charge in [0.15, 0.2) is 0 Å². The molecule has 0 saturated carbocycles. The van der Waals surface area contributed by atoms with Crippen molar-refractivity contribution in [3.05, 3.63) is 0 Å². The zero-order valence-corrected chi connectivity index (χ0v) is 13.9. The van der Waals surface area contributed by atoms with Gasteiger partial charge in [-0.25, -0.2) is 0 Å². The van der Waals surface area contributed by atoms with Crippen LogP contribution in [0.3, 0.4) is 0 Å². The predicted octanol–water partition coefficient (Wildman–Crippen LogP) is 4.81. The van der Waals surface area contributed by atoms with E-state index in [0.29, 0.717) is 0 Å². The van der Waals surface area contributed by atoms with Gasteiger partial charge in [-0.3, -0.25) is 0 Å². The molecule has 0 bridgehead atoms. The van der Waals surface area contributed by atoms with Crippen molar-refractivity contribution in [1.82, 2.24) is 0 Å². The zero-order chi connectivity index (χ0) is 14.4. The highest BCUT2D eigenvalue weighted by Crippen LogP contribution is 2.26. The molecule has 2 heteroatoms. The first-order valence-electron chi connectivity index (χ1n) is 7.37. The van der Waals surface area contributed by atoms with Crippen LogP contribution in [0.4, 0.5) is 0 Å². The van der Waals surface area contributed by atoms with E-state index in [1.165, 1.54) is 0 Å². The van der Waals surface area contributed by atoms with Gasteiger partial charge in [-0.2, -0.15) is 0 Å². The molecule has 0 aliphatic rings. The third-order valence-corrected chi connectivity index (χ3v) is 4.01. The average Bonchev–Trinajstić information content (AvgIpc) is 2.34. The SMILES string of the molecule is CCC(C)(C)OCC(C)(C)COC(C)(CC)CC. The van der Waals surface area contributed by atoms with Crippen molar-refractivity contribution >= 4 is 0 Å². The Morgan fingerprint density at radius 2 is 1.11 bits per heavy atom. The molecule has 0 aliphatic heterocycles. The fraction of sp³-hybridized carbons (Fsp3) is 1.00. The van der Waals surface area contributed by atoms with Crippen molar-refractivity contribution < 1.29 is 9.47 Å². The number of hydrogen-bond acceptors (Lipinski definition) is 2. The van der Waals surface area contributed by atoms with Gasteiger partial charge in [-0.15, -0.1) is 0 Å². The Kier molecular flexibility index (Phi) is 6.87. The highest BCUT2D eigenvalue weighted by atomic mass is 16.5. The molecule has 110 valence electrons. The highest BCUT2D eigenvalue weighted by molar-refractivity contribution is 4.76. The van der Waals surface area contributed by atoms with Crippen molar-refractivity contribution in [3.63, 3.8) is 0 Å². The normalized spacial score (nSPS) is 14.0. The summed E-state index contributed by atoms with van der Waals surface area (Å²) in [7, 11) is 0. The molecule has 0 aromatic rings. The van der Waals surface area contributed by atoms with Gasteiger partial charge >= 0.3 is 0 Å². The quantitative estimate of drug-likeness (QED) is 0.590. The topological polar surface area (TPSA) is 18.5 Å². The van der Waals surface area contributed by atoms with Gasteiger partial charge in [0.1, 0.15) is 0 Å². The molecule has 2 nitrogen and oxygen atoms in total. The summed E-state index contributed by atoms with van der Waals surface area (Å²) < 4.78 is 12.1. The summed E-state index contributed by atoms with van der Waals surface area (Å²) in [6, 6.07) is 0. The van der Waals surface area contributed by atoms with Gasteiger partial charge in [-0.05, 0) is 40.0 Å². The van der Waals surface area contributed by atoms with Crippen LogP contribution < -0.4 is 0 Å². The van der Waals surface area contributed by atoms with Crippen LogP contribution in [0.1, 0.15) is 74.7 Å². The second-order valence-corrected chi connectivity index (χ2v) is 7.01. The van der Waals surface area contributed by atoms with E-state index in [-0.39, 0.29) is 16.6 Å². The molecule has 0 saturated heterocycles. The lowest BCUT2D eigenvalue weighted by molar-refractivity contribution is -0.113. The van der Waals surface area contributed by atoms with Gasteiger partial charge in [0.25, 0.3) is 0 Å². The fourth-order valence-electron chi connectivity index (χ4n) is 1.36. The van der Waals surface area contributed by atoms with E-state index in [2.05, 4.69) is 55.4 Å². The van der Waals surface area contributed by atoms with Crippen LogP contribution in [0, 0.1) is 5.41 Å². The maximum atomic E-state index is 6.11. The molecular formula is C16H34O2. The summed E-state index contributed by atoms with van der Waals surface area (Å²) in [5.41, 5.74) is 0.0473. The molecule has 0 aromatic carbocycles. The van der Waals surface area contributed by atoms with E-state index in [0.717, 1.165) is 32.5 Å². The van der Waals surface area contributed by atoms with E-state index < -0.39 is 0 Å². The summed E-state index contributed by atoms with van der Waals surface area (Å²) in [4.78, 5) is 0. The summed E-state index contributed by atoms with van der Waals surface area (Å²) in [6.07, 6.45) is 3.15. The largest absolute Gasteiger partial charge is 0.375 e. The van der Waals surface area contributed by atoms with Crippen LogP contribution >= 0.6 is 0 Å². The zero-order valence-electron chi connectivity index (χ0n) is 13.9. The van der Waals surface area contributed by atoms with Crippen molar-refractivity contribution in [2.75, 3.05) is 13.2 Å². The van der Waals surface area contributed by atoms with Crippen LogP contribution in [0.5, 0.6) is 0 Å². The Morgan fingerprint density at radius 1 is 0.667 bits per heavy atom. The Balaban J connectivity index is 4.23. The van der Waals surface area contributed by atoms with Gasteiger partial charge < -0.3 is 9.47 Å². The summed E-state index contributed by atoms with van der Waals surface area (Å²) in [5, 5.41) is 0. The minimum absolute atomic E-state index is 0.0115. The first-order valence-corrected chi connectivity index (χ1v) is 7.37. The second-order valence-electron chi connectivity index (χ2n) is 7.01. The van der Waals surface area contributed by atoms with E-state index >= 15 is 0 Å². The molecule has 0 spiro atoms. The van der Waals surface area contributed by atoms with Crippen molar-refractivity contribution in [3.8, 4) is 0 Å². The van der Waals surface area contributed by atoms with Crippen LogP contribution in [0.2, 0.25) is 0 Å². The molecule has 0 atom stereocenters. The molecule has 18 heavy (non-hydrogen) atoms. The molecular weight excluding hydrogens is 224 g/mol. The average molecular weight is 258 g/mol. The maximum Gasteiger partial charge on any atom is 0.0649 e. The maximum absolute atomic E-state index is 6.11. The number of rotatable bonds is 9. The van der Waals surface area contributed by atoms with Crippen LogP contribution in [-0.4, -0.2) is 24.4 Å². The van der Waals surface area contributed by atoms with E-state index in [1.807, 2.05) is 0 Å². The first-order chi connectivity index (χ1) is 8.10. The monoisotopic (exact) mass is 258 g/mol. The minimum atomic E-state index is -0.0317. The molecule has 0 N–H and O–H groups in total. The second kappa shape index (κ2) is 6.91. The van der Waals surface area contributed by atoms with Crippen LogP contribution in [0.15, 0.2) is 0 Å². The Morgan fingerprint density at radius 3 is 1.50 bits per heavy atom. The van der Waals surface area contributed by atoms with Gasteiger partial charge in [0, 0.05) is 5.41 Å². The lowest BCUT2D eigenvalue weighted by atomic mass is 9.93. The van der Waals surface area contributed by atoms with E-state index in [9.17, 15) is 0 Å².